The molecule has 1 saturated heterocycles. The molecule has 7 nitrogen and oxygen atoms in total. The molecule has 1 aliphatic heterocycles. The number of ether oxygens (including phenoxy) is 1. The molecule has 7 heteroatoms. The summed E-state index contributed by atoms with van der Waals surface area (Å²) >= 11 is 0. The molecule has 0 radical (unpaired) electrons. The number of nitrogens with one attached hydrogen (secondary N) is 2. The summed E-state index contributed by atoms with van der Waals surface area (Å²) in [6.45, 7) is 1.16. The normalized spacial score (nSPS) is 14.6. The number of rotatable bonds is 4. The zero-order valence-electron chi connectivity index (χ0n) is 14.6. The number of nitrogens with zero attached hydrogens (tertiary/aromatic N) is 2. The number of benzene rings is 1. The van der Waals surface area contributed by atoms with Crippen molar-refractivity contribution in [3.05, 3.63) is 54.4 Å². The van der Waals surface area contributed by atoms with Crippen LogP contribution in [0, 0.1) is 0 Å². The lowest BCUT2D eigenvalue weighted by Gasteiger charge is -2.32. The van der Waals surface area contributed by atoms with Gasteiger partial charge in [0.15, 0.2) is 0 Å². The van der Waals surface area contributed by atoms with E-state index in [1.807, 2.05) is 12.1 Å². The van der Waals surface area contributed by atoms with E-state index in [2.05, 4.69) is 15.6 Å². The Morgan fingerprint density at radius 1 is 1.15 bits per heavy atom. The number of likely N-dealkylation sites (tertiary alicyclic amines) is 1. The standard InChI is InChI=1S/C19H22N4O3/c1-26-17-7-3-2-6-16(17)22-19(25)23-11-8-15(9-12-23)21-18(24)14-5-4-10-20-13-14/h2-7,10,13,15H,8-9,11-12H2,1H3,(H,21,24)(H,22,25). The molecule has 136 valence electrons. The Balaban J connectivity index is 1.50. The first kappa shape index (κ1) is 17.7. The van der Waals surface area contributed by atoms with Gasteiger partial charge >= 0.3 is 6.03 Å². The van der Waals surface area contributed by atoms with Crippen molar-refractivity contribution in [3.63, 3.8) is 0 Å². The van der Waals surface area contributed by atoms with E-state index in [4.69, 9.17) is 4.74 Å². The third-order valence-corrected chi connectivity index (χ3v) is 4.39. The van der Waals surface area contributed by atoms with Gasteiger partial charge in [-0.05, 0) is 37.1 Å². The van der Waals surface area contributed by atoms with Crippen LogP contribution < -0.4 is 15.4 Å². The molecular weight excluding hydrogens is 332 g/mol. The highest BCUT2D eigenvalue weighted by Gasteiger charge is 2.24. The second-order valence-corrected chi connectivity index (χ2v) is 6.11. The van der Waals surface area contributed by atoms with Gasteiger partial charge in [-0.2, -0.15) is 0 Å². The summed E-state index contributed by atoms with van der Waals surface area (Å²) in [5.41, 5.74) is 1.19. The maximum Gasteiger partial charge on any atom is 0.321 e. The van der Waals surface area contributed by atoms with E-state index in [0.29, 0.717) is 42.9 Å². The van der Waals surface area contributed by atoms with E-state index in [1.165, 1.54) is 0 Å². The third kappa shape index (κ3) is 4.30. The number of aromatic nitrogens is 1. The predicted molar refractivity (Wildman–Crippen MR) is 98.3 cm³/mol. The Kier molecular flexibility index (Phi) is 5.68. The molecule has 1 aromatic carbocycles. The van der Waals surface area contributed by atoms with E-state index in [9.17, 15) is 9.59 Å². The number of pyridine rings is 1. The average molecular weight is 354 g/mol. The zero-order chi connectivity index (χ0) is 18.4. The van der Waals surface area contributed by atoms with E-state index in [-0.39, 0.29) is 18.0 Å². The minimum atomic E-state index is -0.161. The van der Waals surface area contributed by atoms with E-state index >= 15 is 0 Å². The summed E-state index contributed by atoms with van der Waals surface area (Å²) in [5.74, 6) is 0.495. The maximum absolute atomic E-state index is 12.4. The van der Waals surface area contributed by atoms with Crippen molar-refractivity contribution in [2.75, 3.05) is 25.5 Å². The van der Waals surface area contributed by atoms with Crippen molar-refractivity contribution in [1.82, 2.24) is 15.2 Å². The Hall–Kier alpha value is -3.09. The van der Waals surface area contributed by atoms with Gasteiger partial charge in [-0.1, -0.05) is 12.1 Å². The number of hydrogen-bond acceptors (Lipinski definition) is 4. The first-order valence-corrected chi connectivity index (χ1v) is 8.57. The van der Waals surface area contributed by atoms with Gasteiger partial charge < -0.3 is 20.3 Å². The van der Waals surface area contributed by atoms with Crippen LogP contribution in [0.2, 0.25) is 0 Å². The van der Waals surface area contributed by atoms with Gasteiger partial charge in [0.25, 0.3) is 5.91 Å². The molecule has 1 fully saturated rings. The topological polar surface area (TPSA) is 83.6 Å². The number of anilines is 1. The second-order valence-electron chi connectivity index (χ2n) is 6.11. The van der Waals surface area contributed by atoms with Crippen LogP contribution in [0.1, 0.15) is 23.2 Å². The lowest BCUT2D eigenvalue weighted by atomic mass is 10.0. The van der Waals surface area contributed by atoms with E-state index in [0.717, 1.165) is 0 Å². The lowest BCUT2D eigenvalue weighted by Crippen LogP contribution is -2.47. The maximum atomic E-state index is 12.4. The van der Waals surface area contributed by atoms with Crippen molar-refractivity contribution in [1.29, 1.82) is 0 Å². The molecule has 26 heavy (non-hydrogen) atoms. The summed E-state index contributed by atoms with van der Waals surface area (Å²) in [6.07, 6.45) is 4.61. The van der Waals surface area contributed by atoms with Crippen molar-refractivity contribution in [2.45, 2.75) is 18.9 Å². The van der Waals surface area contributed by atoms with Crippen LogP contribution in [-0.2, 0) is 0 Å². The largest absolute Gasteiger partial charge is 0.495 e. The Morgan fingerprint density at radius 2 is 1.92 bits per heavy atom. The van der Waals surface area contributed by atoms with Crippen molar-refractivity contribution in [2.24, 2.45) is 0 Å². The van der Waals surface area contributed by atoms with Gasteiger partial charge in [0.05, 0.1) is 18.4 Å². The number of piperidine rings is 1. The quantitative estimate of drug-likeness (QED) is 0.884. The van der Waals surface area contributed by atoms with Crippen LogP contribution in [0.15, 0.2) is 48.8 Å². The van der Waals surface area contributed by atoms with Crippen LogP contribution in [-0.4, -0.2) is 48.1 Å². The first-order chi connectivity index (χ1) is 12.7. The minimum Gasteiger partial charge on any atom is -0.495 e. The summed E-state index contributed by atoms with van der Waals surface area (Å²) in [5, 5.41) is 5.88. The summed E-state index contributed by atoms with van der Waals surface area (Å²) < 4.78 is 5.25. The molecule has 1 aromatic heterocycles. The highest BCUT2D eigenvalue weighted by molar-refractivity contribution is 5.94. The molecule has 3 rings (SSSR count). The van der Waals surface area contributed by atoms with Gasteiger partial charge in [0, 0.05) is 31.5 Å². The van der Waals surface area contributed by atoms with Crippen LogP contribution in [0.4, 0.5) is 10.5 Å². The molecule has 0 unspecified atom stereocenters. The lowest BCUT2D eigenvalue weighted by molar-refractivity contribution is 0.0919. The SMILES string of the molecule is COc1ccccc1NC(=O)N1CCC(NC(=O)c2cccnc2)CC1. The predicted octanol–water partition coefficient (Wildman–Crippen LogP) is 2.52. The number of carbonyl (C=O) groups excluding carboxylic acids is 2. The molecule has 2 aromatic rings. The highest BCUT2D eigenvalue weighted by atomic mass is 16.5. The summed E-state index contributed by atoms with van der Waals surface area (Å²) in [4.78, 5) is 30.3. The number of urea groups is 1. The summed E-state index contributed by atoms with van der Waals surface area (Å²) in [7, 11) is 1.57. The number of carbonyl (C=O) groups is 2. The fourth-order valence-electron chi connectivity index (χ4n) is 2.93. The first-order valence-electron chi connectivity index (χ1n) is 8.57. The van der Waals surface area contributed by atoms with Gasteiger partial charge in [0.1, 0.15) is 5.75 Å². The van der Waals surface area contributed by atoms with Crippen LogP contribution in [0.25, 0.3) is 0 Å². The molecule has 0 saturated carbocycles. The van der Waals surface area contributed by atoms with Crippen LogP contribution in [0.3, 0.4) is 0 Å². The molecular formula is C19H22N4O3. The average Bonchev–Trinajstić information content (AvgIpc) is 2.69. The van der Waals surface area contributed by atoms with Gasteiger partial charge in [-0.25, -0.2) is 4.79 Å². The molecule has 2 N–H and O–H groups in total. The molecule has 2 heterocycles. The van der Waals surface area contributed by atoms with Crippen molar-refractivity contribution in [3.8, 4) is 5.75 Å². The van der Waals surface area contributed by atoms with Gasteiger partial charge in [0.2, 0.25) is 0 Å². The second kappa shape index (κ2) is 8.33. The molecule has 0 aliphatic carbocycles. The molecule has 1 aliphatic rings. The van der Waals surface area contributed by atoms with Crippen molar-refractivity contribution < 1.29 is 14.3 Å². The fraction of sp³-hybridized carbons (Fsp3) is 0.316. The third-order valence-electron chi connectivity index (χ3n) is 4.39. The molecule has 0 bridgehead atoms. The molecule has 0 atom stereocenters. The molecule has 0 spiro atoms. The fourth-order valence-corrected chi connectivity index (χ4v) is 2.93. The Bertz CT molecular complexity index is 758. The Labute approximate surface area is 152 Å². The number of hydrogen-bond donors (Lipinski definition) is 2. The van der Waals surface area contributed by atoms with E-state index < -0.39 is 0 Å². The summed E-state index contributed by atoms with van der Waals surface area (Å²) in [6, 6.07) is 10.7. The van der Waals surface area contributed by atoms with Crippen LogP contribution >= 0.6 is 0 Å². The highest BCUT2D eigenvalue weighted by Crippen LogP contribution is 2.24. The smallest absolute Gasteiger partial charge is 0.321 e. The molecule has 3 amide bonds. The number of methoxy groups -OCH3 is 1. The number of para-hydroxylation sites is 2. The monoisotopic (exact) mass is 354 g/mol. The van der Waals surface area contributed by atoms with Gasteiger partial charge in [-0.3, -0.25) is 9.78 Å². The zero-order valence-corrected chi connectivity index (χ0v) is 14.6. The van der Waals surface area contributed by atoms with Gasteiger partial charge in [-0.15, -0.1) is 0 Å². The van der Waals surface area contributed by atoms with Crippen molar-refractivity contribution >= 4 is 17.6 Å². The minimum absolute atomic E-state index is 0.0537. The number of amides is 3. The van der Waals surface area contributed by atoms with Crippen LogP contribution in [0.5, 0.6) is 5.75 Å². The van der Waals surface area contributed by atoms with E-state index in [1.54, 1.807) is 48.7 Å². The Morgan fingerprint density at radius 3 is 2.62 bits per heavy atom.